The summed E-state index contributed by atoms with van der Waals surface area (Å²) in [5.41, 5.74) is 0. The third-order valence-electron chi connectivity index (χ3n) is 3.71. The van der Waals surface area contributed by atoms with Crippen LogP contribution in [-0.4, -0.2) is 56.7 Å². The van der Waals surface area contributed by atoms with E-state index >= 15 is 0 Å². The highest BCUT2D eigenvalue weighted by Gasteiger charge is 2.34. The lowest BCUT2D eigenvalue weighted by Crippen LogP contribution is -2.52. The minimum absolute atomic E-state index is 0.0826. The number of hydrogen-bond acceptors (Lipinski definition) is 4. The average molecular weight is 290 g/mol. The highest BCUT2D eigenvalue weighted by Crippen LogP contribution is 2.20. The summed E-state index contributed by atoms with van der Waals surface area (Å²) in [5, 5.41) is 2.83. The summed E-state index contributed by atoms with van der Waals surface area (Å²) in [5.74, 6) is -0.194. The molecule has 0 aromatic carbocycles. The summed E-state index contributed by atoms with van der Waals surface area (Å²) in [6.07, 6.45) is 5.55. The number of carbonyl (C=O) groups excluding carboxylic acids is 1. The van der Waals surface area contributed by atoms with Crippen LogP contribution in [0.2, 0.25) is 0 Å². The smallest absolute Gasteiger partial charge is 0.238 e. The molecule has 0 radical (unpaired) electrons. The maximum absolute atomic E-state index is 12.1. The molecular formula is C12H22N2O4S. The molecule has 0 aromatic rings. The van der Waals surface area contributed by atoms with Gasteiger partial charge in [0.25, 0.3) is 0 Å². The van der Waals surface area contributed by atoms with E-state index < -0.39 is 16.1 Å². The molecule has 2 saturated heterocycles. The van der Waals surface area contributed by atoms with Crippen LogP contribution in [-0.2, 0) is 19.6 Å². The van der Waals surface area contributed by atoms with Crippen LogP contribution >= 0.6 is 0 Å². The lowest BCUT2D eigenvalue weighted by molar-refractivity contribution is -0.126. The van der Waals surface area contributed by atoms with E-state index in [4.69, 9.17) is 4.74 Å². The van der Waals surface area contributed by atoms with Gasteiger partial charge in [0.15, 0.2) is 0 Å². The molecule has 2 aliphatic rings. The van der Waals surface area contributed by atoms with Crippen molar-refractivity contribution in [3.63, 3.8) is 0 Å². The lowest BCUT2D eigenvalue weighted by atomic mass is 10.0. The minimum atomic E-state index is -3.32. The number of carbonyl (C=O) groups is 1. The monoisotopic (exact) mass is 290 g/mol. The number of ether oxygens (including phenoxy) is 1. The highest BCUT2D eigenvalue weighted by atomic mass is 32.2. The number of nitrogens with zero attached hydrogens (tertiary/aromatic N) is 1. The molecule has 7 heteroatoms. The maximum atomic E-state index is 12.1. The molecule has 2 fully saturated rings. The van der Waals surface area contributed by atoms with Gasteiger partial charge in [0.05, 0.1) is 12.4 Å². The molecule has 0 spiro atoms. The largest absolute Gasteiger partial charge is 0.376 e. The molecule has 0 bridgehead atoms. The Kier molecular flexibility index (Phi) is 4.81. The zero-order chi connectivity index (χ0) is 13.9. The second kappa shape index (κ2) is 6.19. The lowest BCUT2D eigenvalue weighted by Gasteiger charge is -2.32. The number of rotatable bonds is 4. The third kappa shape index (κ3) is 3.90. The Labute approximate surface area is 114 Å². The van der Waals surface area contributed by atoms with Gasteiger partial charge in [0.2, 0.25) is 15.9 Å². The van der Waals surface area contributed by atoms with Gasteiger partial charge in [-0.3, -0.25) is 4.79 Å². The normalized spacial score (nSPS) is 29.3. The van der Waals surface area contributed by atoms with Gasteiger partial charge in [-0.05, 0) is 25.7 Å². The van der Waals surface area contributed by atoms with Crippen LogP contribution in [0.4, 0.5) is 0 Å². The van der Waals surface area contributed by atoms with E-state index in [1.54, 1.807) is 0 Å². The third-order valence-corrected chi connectivity index (χ3v) is 5.00. The molecule has 0 aromatic heterocycles. The van der Waals surface area contributed by atoms with Gasteiger partial charge in [0.1, 0.15) is 6.04 Å². The number of hydrogen-bond donors (Lipinski definition) is 1. The molecule has 19 heavy (non-hydrogen) atoms. The summed E-state index contributed by atoms with van der Waals surface area (Å²) in [4.78, 5) is 12.1. The fourth-order valence-electron chi connectivity index (χ4n) is 2.70. The van der Waals surface area contributed by atoms with E-state index in [0.29, 0.717) is 19.5 Å². The molecule has 1 N–H and O–H groups in total. The quantitative estimate of drug-likeness (QED) is 0.796. The van der Waals surface area contributed by atoms with E-state index in [1.165, 1.54) is 10.6 Å². The Morgan fingerprint density at radius 2 is 2.11 bits per heavy atom. The highest BCUT2D eigenvalue weighted by molar-refractivity contribution is 7.88. The molecular weight excluding hydrogens is 268 g/mol. The van der Waals surface area contributed by atoms with Gasteiger partial charge < -0.3 is 10.1 Å². The van der Waals surface area contributed by atoms with E-state index in [0.717, 1.165) is 32.3 Å². The van der Waals surface area contributed by atoms with Crippen molar-refractivity contribution in [2.45, 2.75) is 44.2 Å². The van der Waals surface area contributed by atoms with Gasteiger partial charge in [0, 0.05) is 19.7 Å². The van der Waals surface area contributed by atoms with Crippen LogP contribution in [0.5, 0.6) is 0 Å². The van der Waals surface area contributed by atoms with Crippen molar-refractivity contribution < 1.29 is 17.9 Å². The number of sulfonamides is 1. The Balaban J connectivity index is 1.91. The summed E-state index contributed by atoms with van der Waals surface area (Å²) in [7, 11) is -3.32. The molecule has 110 valence electrons. The summed E-state index contributed by atoms with van der Waals surface area (Å²) >= 11 is 0. The standard InChI is InChI=1S/C12H22N2O4S/c1-19(16,17)14-7-3-2-6-11(14)12(15)13-9-10-5-4-8-18-10/h10-11H,2-9H2,1H3,(H,13,15)/t10-,11-/m0/s1. The zero-order valence-corrected chi connectivity index (χ0v) is 12.1. The summed E-state index contributed by atoms with van der Waals surface area (Å²) in [6.45, 7) is 1.67. The van der Waals surface area contributed by atoms with E-state index in [1.807, 2.05) is 0 Å². The van der Waals surface area contributed by atoms with Crippen LogP contribution in [0.15, 0.2) is 0 Å². The van der Waals surface area contributed by atoms with Crippen molar-refractivity contribution in [1.29, 1.82) is 0 Å². The Hall–Kier alpha value is -0.660. The molecule has 0 unspecified atom stereocenters. The fraction of sp³-hybridized carbons (Fsp3) is 0.917. The molecule has 6 nitrogen and oxygen atoms in total. The molecule has 2 atom stereocenters. The molecule has 0 aliphatic carbocycles. The SMILES string of the molecule is CS(=O)(=O)N1CCCC[C@H]1C(=O)NC[C@@H]1CCCO1. The Morgan fingerprint density at radius 3 is 2.74 bits per heavy atom. The first-order valence-electron chi connectivity index (χ1n) is 6.84. The average Bonchev–Trinajstić information content (AvgIpc) is 2.88. The Bertz CT molecular complexity index is 417. The summed E-state index contributed by atoms with van der Waals surface area (Å²) < 4.78 is 30.1. The first kappa shape index (κ1) is 14.7. The summed E-state index contributed by atoms with van der Waals surface area (Å²) in [6, 6.07) is -0.551. The van der Waals surface area contributed by atoms with Crippen molar-refractivity contribution in [3.8, 4) is 0 Å². The van der Waals surface area contributed by atoms with Crippen molar-refractivity contribution >= 4 is 15.9 Å². The first-order valence-corrected chi connectivity index (χ1v) is 8.69. The topological polar surface area (TPSA) is 75.7 Å². The number of piperidine rings is 1. The number of amides is 1. The molecule has 2 aliphatic heterocycles. The van der Waals surface area contributed by atoms with Crippen molar-refractivity contribution in [2.75, 3.05) is 26.0 Å². The maximum Gasteiger partial charge on any atom is 0.238 e. The van der Waals surface area contributed by atoms with E-state index in [2.05, 4.69) is 5.32 Å². The first-order chi connectivity index (χ1) is 8.98. The predicted octanol–water partition coefficient (Wildman–Crippen LogP) is 0.0957. The van der Waals surface area contributed by atoms with Gasteiger partial charge in [-0.1, -0.05) is 6.42 Å². The fourth-order valence-corrected chi connectivity index (χ4v) is 3.83. The molecule has 0 saturated carbocycles. The zero-order valence-electron chi connectivity index (χ0n) is 11.3. The van der Waals surface area contributed by atoms with Gasteiger partial charge >= 0.3 is 0 Å². The second-order valence-corrected chi connectivity index (χ2v) is 7.20. The second-order valence-electron chi connectivity index (χ2n) is 5.27. The minimum Gasteiger partial charge on any atom is -0.376 e. The van der Waals surface area contributed by atoms with E-state index in [-0.39, 0.29) is 12.0 Å². The Morgan fingerprint density at radius 1 is 1.32 bits per heavy atom. The van der Waals surface area contributed by atoms with E-state index in [9.17, 15) is 13.2 Å². The molecule has 2 heterocycles. The predicted molar refractivity (Wildman–Crippen MR) is 71.2 cm³/mol. The van der Waals surface area contributed by atoms with Crippen molar-refractivity contribution in [1.82, 2.24) is 9.62 Å². The van der Waals surface area contributed by atoms with Crippen LogP contribution in [0, 0.1) is 0 Å². The molecule has 2 rings (SSSR count). The number of nitrogens with one attached hydrogen (secondary N) is 1. The van der Waals surface area contributed by atoms with Crippen LogP contribution in [0.1, 0.15) is 32.1 Å². The molecule has 1 amide bonds. The van der Waals surface area contributed by atoms with Crippen LogP contribution in [0.25, 0.3) is 0 Å². The van der Waals surface area contributed by atoms with Crippen LogP contribution < -0.4 is 5.32 Å². The van der Waals surface area contributed by atoms with Crippen LogP contribution in [0.3, 0.4) is 0 Å². The van der Waals surface area contributed by atoms with Gasteiger partial charge in [-0.15, -0.1) is 0 Å². The van der Waals surface area contributed by atoms with Gasteiger partial charge in [-0.2, -0.15) is 4.31 Å². The van der Waals surface area contributed by atoms with Gasteiger partial charge in [-0.25, -0.2) is 8.42 Å². The van der Waals surface area contributed by atoms with Crippen molar-refractivity contribution in [3.05, 3.63) is 0 Å². The van der Waals surface area contributed by atoms with Crippen molar-refractivity contribution in [2.24, 2.45) is 0 Å².